The molecular formula is C53H104NO7P. The number of esters is 1. The zero-order chi connectivity index (χ0) is 45.5. The molecule has 0 heterocycles. The highest BCUT2D eigenvalue weighted by Gasteiger charge is 2.20. The predicted molar refractivity (Wildman–Crippen MR) is 264 cm³/mol. The quantitative estimate of drug-likeness (QED) is 0.0197. The molecule has 8 nitrogen and oxygen atoms in total. The standard InChI is InChI=1S/C53H104NO7P/c1-6-8-10-12-14-16-18-20-22-24-26-27-28-29-30-32-34-36-38-40-42-44-46-53(55)61-52(51-60-62(56,57)59-49-47-54(3,4)5)50-58-48-45-43-41-39-37-35-33-31-25-23-21-19-17-15-13-11-9-7-2/h15,17,21,23,52H,6-14,16,18-20,22,24-51H2,1-5H3/b17-15-,23-21-. The molecular weight excluding hydrogens is 794 g/mol. The van der Waals surface area contributed by atoms with Gasteiger partial charge in [0.2, 0.25) is 0 Å². The Labute approximate surface area is 385 Å². The smallest absolute Gasteiger partial charge is 0.306 e. The number of unbranched alkanes of at least 4 members (excludes halogenated alkanes) is 32. The minimum Gasteiger partial charge on any atom is -0.756 e. The Bertz CT molecular complexity index is 1050. The molecule has 0 aliphatic heterocycles. The Hall–Kier alpha value is -1.02. The van der Waals surface area contributed by atoms with Gasteiger partial charge in [0, 0.05) is 13.0 Å². The molecule has 0 saturated heterocycles. The third kappa shape index (κ3) is 50.0. The fraction of sp³-hybridized carbons (Fsp3) is 0.906. The molecule has 62 heavy (non-hydrogen) atoms. The van der Waals surface area contributed by atoms with Gasteiger partial charge in [0.05, 0.1) is 34.4 Å². The van der Waals surface area contributed by atoms with Gasteiger partial charge >= 0.3 is 5.97 Å². The first-order chi connectivity index (χ1) is 30.1. The van der Waals surface area contributed by atoms with E-state index in [2.05, 4.69) is 38.2 Å². The van der Waals surface area contributed by atoms with Gasteiger partial charge in [-0.1, -0.05) is 224 Å². The summed E-state index contributed by atoms with van der Waals surface area (Å²) in [5.41, 5.74) is 0. The minimum absolute atomic E-state index is 0.0272. The van der Waals surface area contributed by atoms with Gasteiger partial charge in [0.25, 0.3) is 7.82 Å². The molecule has 2 atom stereocenters. The molecule has 0 fully saturated rings. The van der Waals surface area contributed by atoms with E-state index in [1.54, 1.807) is 0 Å². The summed E-state index contributed by atoms with van der Waals surface area (Å²) in [4.78, 5) is 25.2. The Morgan fingerprint density at radius 2 is 0.887 bits per heavy atom. The number of phosphoric acid groups is 1. The molecule has 0 N–H and O–H groups in total. The number of ether oxygens (including phenoxy) is 2. The van der Waals surface area contributed by atoms with Gasteiger partial charge in [-0.25, -0.2) is 0 Å². The molecule has 0 rings (SSSR count). The highest BCUT2D eigenvalue weighted by Crippen LogP contribution is 2.38. The molecule has 0 bridgehead atoms. The van der Waals surface area contributed by atoms with E-state index < -0.39 is 13.9 Å². The summed E-state index contributed by atoms with van der Waals surface area (Å²) in [6.45, 7) is 5.43. The van der Waals surface area contributed by atoms with Crippen molar-refractivity contribution < 1.29 is 37.3 Å². The molecule has 0 saturated carbocycles. The van der Waals surface area contributed by atoms with Gasteiger partial charge in [-0.15, -0.1) is 0 Å². The number of rotatable bonds is 50. The second-order valence-electron chi connectivity index (χ2n) is 19.2. The molecule has 0 radical (unpaired) electrons. The van der Waals surface area contributed by atoms with E-state index in [4.69, 9.17) is 18.5 Å². The Kier molecular flexibility index (Phi) is 45.7. The number of allylic oxidation sites excluding steroid dienone is 4. The van der Waals surface area contributed by atoms with Gasteiger partial charge < -0.3 is 27.9 Å². The first kappa shape index (κ1) is 61.0. The molecule has 2 unspecified atom stereocenters. The monoisotopic (exact) mass is 898 g/mol. The van der Waals surface area contributed by atoms with Crippen molar-refractivity contribution in [1.29, 1.82) is 0 Å². The topological polar surface area (TPSA) is 94.1 Å². The van der Waals surface area contributed by atoms with Gasteiger partial charge in [-0.2, -0.15) is 0 Å². The number of carbonyl (C=O) groups excluding carboxylic acids is 1. The van der Waals surface area contributed by atoms with Crippen LogP contribution < -0.4 is 4.89 Å². The van der Waals surface area contributed by atoms with E-state index in [9.17, 15) is 14.3 Å². The van der Waals surface area contributed by atoms with Crippen LogP contribution in [-0.4, -0.2) is 70.7 Å². The minimum atomic E-state index is -4.53. The van der Waals surface area contributed by atoms with Crippen molar-refractivity contribution in [1.82, 2.24) is 0 Å². The van der Waals surface area contributed by atoms with Gasteiger partial charge in [0.1, 0.15) is 19.3 Å². The van der Waals surface area contributed by atoms with Crippen molar-refractivity contribution in [3.8, 4) is 0 Å². The fourth-order valence-corrected chi connectivity index (χ4v) is 8.37. The summed E-state index contributed by atoms with van der Waals surface area (Å²) in [5.74, 6) is -0.330. The SMILES string of the molecule is CCCCC/C=C\C/C=C\CCCCCCCCCCOCC(COP(=O)([O-])OCC[N+](C)(C)C)OC(=O)CCCCCCCCCCCCCCCCCCCCCCCC. The van der Waals surface area contributed by atoms with Crippen LogP contribution in [0.4, 0.5) is 0 Å². The molecule has 0 amide bonds. The summed E-state index contributed by atoms with van der Waals surface area (Å²) in [7, 11) is 1.36. The average molecular weight is 898 g/mol. The van der Waals surface area contributed by atoms with E-state index in [1.165, 1.54) is 193 Å². The van der Waals surface area contributed by atoms with Crippen LogP contribution >= 0.6 is 7.82 Å². The van der Waals surface area contributed by atoms with Gasteiger partial charge in [0.15, 0.2) is 0 Å². The Morgan fingerprint density at radius 3 is 1.34 bits per heavy atom. The summed E-state index contributed by atoms with van der Waals surface area (Å²) in [5, 5.41) is 0. The zero-order valence-corrected chi connectivity index (χ0v) is 42.7. The maximum atomic E-state index is 12.8. The first-order valence-electron chi connectivity index (χ1n) is 26.6. The number of quaternary nitrogens is 1. The van der Waals surface area contributed by atoms with Crippen LogP contribution in [-0.2, 0) is 27.9 Å². The molecule has 0 aliphatic rings. The van der Waals surface area contributed by atoms with E-state index in [0.717, 1.165) is 38.5 Å². The van der Waals surface area contributed by atoms with Crippen molar-refractivity contribution in [2.75, 3.05) is 54.1 Å². The van der Waals surface area contributed by atoms with E-state index in [0.29, 0.717) is 24.1 Å². The van der Waals surface area contributed by atoms with Gasteiger partial charge in [-0.3, -0.25) is 9.36 Å². The number of phosphoric ester groups is 1. The molecule has 0 aliphatic carbocycles. The highest BCUT2D eigenvalue weighted by atomic mass is 31.2. The van der Waals surface area contributed by atoms with Crippen molar-refractivity contribution in [3.05, 3.63) is 24.3 Å². The number of likely N-dealkylation sites (N-methyl/N-ethyl adjacent to an activating group) is 1. The average Bonchev–Trinajstić information content (AvgIpc) is 3.23. The third-order valence-electron chi connectivity index (χ3n) is 11.8. The second kappa shape index (κ2) is 46.5. The summed E-state index contributed by atoms with van der Waals surface area (Å²) < 4.78 is 34.8. The lowest BCUT2D eigenvalue weighted by atomic mass is 10.0. The number of carbonyl (C=O) groups is 1. The second-order valence-corrected chi connectivity index (χ2v) is 20.7. The van der Waals surface area contributed by atoms with Crippen molar-refractivity contribution in [3.63, 3.8) is 0 Å². The zero-order valence-electron chi connectivity index (χ0n) is 41.8. The lowest BCUT2D eigenvalue weighted by Crippen LogP contribution is -2.37. The molecule has 368 valence electrons. The Balaban J connectivity index is 4.09. The van der Waals surface area contributed by atoms with Crippen LogP contribution in [0.25, 0.3) is 0 Å². The van der Waals surface area contributed by atoms with Crippen LogP contribution in [0.5, 0.6) is 0 Å². The normalized spacial score (nSPS) is 13.7. The largest absolute Gasteiger partial charge is 0.756 e. The maximum absolute atomic E-state index is 12.8. The van der Waals surface area contributed by atoms with Crippen LogP contribution in [0.15, 0.2) is 24.3 Å². The highest BCUT2D eigenvalue weighted by molar-refractivity contribution is 7.45. The molecule has 0 aromatic carbocycles. The molecule has 9 heteroatoms. The molecule has 0 aromatic rings. The predicted octanol–water partition coefficient (Wildman–Crippen LogP) is 15.7. The lowest BCUT2D eigenvalue weighted by molar-refractivity contribution is -0.870. The summed E-state index contributed by atoms with van der Waals surface area (Å²) in [6, 6.07) is 0. The van der Waals surface area contributed by atoms with Crippen LogP contribution in [0.2, 0.25) is 0 Å². The van der Waals surface area contributed by atoms with Crippen molar-refractivity contribution in [2.45, 2.75) is 258 Å². The number of nitrogens with zero attached hydrogens (tertiary/aromatic N) is 1. The number of hydrogen-bond acceptors (Lipinski definition) is 7. The summed E-state index contributed by atoms with van der Waals surface area (Å²) >= 11 is 0. The van der Waals surface area contributed by atoms with Crippen molar-refractivity contribution in [2.24, 2.45) is 0 Å². The lowest BCUT2D eigenvalue weighted by Gasteiger charge is -2.28. The first-order valence-corrected chi connectivity index (χ1v) is 28.0. The molecule has 0 aromatic heterocycles. The Morgan fingerprint density at radius 1 is 0.500 bits per heavy atom. The van der Waals surface area contributed by atoms with Gasteiger partial charge in [-0.05, 0) is 44.9 Å². The summed E-state index contributed by atoms with van der Waals surface area (Å²) in [6.07, 6.45) is 54.9. The molecule has 0 spiro atoms. The maximum Gasteiger partial charge on any atom is 0.306 e. The van der Waals surface area contributed by atoms with E-state index in [-0.39, 0.29) is 25.8 Å². The number of hydrogen-bond donors (Lipinski definition) is 0. The third-order valence-corrected chi connectivity index (χ3v) is 12.7. The fourth-order valence-electron chi connectivity index (χ4n) is 7.64. The van der Waals surface area contributed by atoms with Crippen LogP contribution in [0.3, 0.4) is 0 Å². The van der Waals surface area contributed by atoms with E-state index in [1.807, 2.05) is 21.1 Å². The van der Waals surface area contributed by atoms with Crippen molar-refractivity contribution >= 4 is 13.8 Å². The van der Waals surface area contributed by atoms with Crippen LogP contribution in [0.1, 0.15) is 251 Å². The van der Waals surface area contributed by atoms with Crippen LogP contribution in [0, 0.1) is 0 Å². The van der Waals surface area contributed by atoms with E-state index >= 15 is 0 Å².